The van der Waals surface area contributed by atoms with Crippen molar-refractivity contribution >= 4 is 44.7 Å². The number of nitrogens with zero attached hydrogens (tertiary/aromatic N) is 2. The summed E-state index contributed by atoms with van der Waals surface area (Å²) in [6, 6.07) is 14.0. The summed E-state index contributed by atoms with van der Waals surface area (Å²) in [4.78, 5) is 21.6. The van der Waals surface area contributed by atoms with Gasteiger partial charge in [-0.05, 0) is 38.8 Å². The van der Waals surface area contributed by atoms with Gasteiger partial charge in [0.1, 0.15) is 10.7 Å². The summed E-state index contributed by atoms with van der Waals surface area (Å²) in [6.45, 7) is -0.243. The van der Waals surface area contributed by atoms with Gasteiger partial charge < -0.3 is 9.15 Å². The molecule has 0 fully saturated rings. The Kier molecular flexibility index (Phi) is 5.28. The highest BCUT2D eigenvalue weighted by Crippen LogP contribution is 2.32. The smallest absolute Gasteiger partial charge is 0.433 e. The molecule has 0 radical (unpaired) electrons. The van der Waals surface area contributed by atoms with E-state index >= 15 is 0 Å². The van der Waals surface area contributed by atoms with Crippen LogP contribution in [-0.2, 0) is 4.79 Å². The van der Waals surface area contributed by atoms with E-state index in [1.54, 1.807) is 6.07 Å². The van der Waals surface area contributed by atoms with Gasteiger partial charge in [-0.25, -0.2) is 5.43 Å². The molecule has 3 aromatic rings. The zero-order chi connectivity index (χ0) is 18.5. The van der Waals surface area contributed by atoms with Crippen molar-refractivity contribution in [3.8, 4) is 5.75 Å². The van der Waals surface area contributed by atoms with Gasteiger partial charge in [-0.3, -0.25) is 14.9 Å². The normalized spacial score (nSPS) is 11.0. The van der Waals surface area contributed by atoms with Crippen LogP contribution in [0.2, 0.25) is 0 Å². The van der Waals surface area contributed by atoms with Gasteiger partial charge in [0, 0.05) is 0 Å². The summed E-state index contributed by atoms with van der Waals surface area (Å²) < 4.78 is 11.1. The van der Waals surface area contributed by atoms with Crippen LogP contribution in [0.5, 0.6) is 5.75 Å². The zero-order valence-electron chi connectivity index (χ0n) is 13.2. The van der Waals surface area contributed by atoms with E-state index in [4.69, 9.17) is 9.15 Å². The number of amides is 1. The lowest BCUT2D eigenvalue weighted by Gasteiger charge is -2.09. The van der Waals surface area contributed by atoms with Crippen LogP contribution in [0.3, 0.4) is 0 Å². The lowest BCUT2D eigenvalue weighted by atomic mass is 10.1. The Hall–Kier alpha value is -3.20. The van der Waals surface area contributed by atoms with E-state index < -0.39 is 16.7 Å². The van der Waals surface area contributed by atoms with Crippen LogP contribution in [0.25, 0.3) is 10.8 Å². The SMILES string of the molecule is O=C(COc1ccc2ccccc2c1Br)NN=Cc1ccc([N+](=O)[O-])o1. The highest BCUT2D eigenvalue weighted by molar-refractivity contribution is 9.10. The summed E-state index contributed by atoms with van der Waals surface area (Å²) in [5.41, 5.74) is 2.26. The number of furan rings is 1. The lowest BCUT2D eigenvalue weighted by Crippen LogP contribution is -2.24. The molecule has 2 aromatic carbocycles. The van der Waals surface area contributed by atoms with Crippen LogP contribution in [-0.4, -0.2) is 23.7 Å². The maximum Gasteiger partial charge on any atom is 0.433 e. The van der Waals surface area contributed by atoms with Crippen LogP contribution in [0, 0.1) is 10.1 Å². The number of hydrogen-bond donors (Lipinski definition) is 1. The van der Waals surface area contributed by atoms with Gasteiger partial charge in [-0.2, -0.15) is 5.10 Å². The predicted molar refractivity (Wildman–Crippen MR) is 98.2 cm³/mol. The highest BCUT2D eigenvalue weighted by atomic mass is 79.9. The molecule has 0 aliphatic rings. The van der Waals surface area contributed by atoms with Crippen molar-refractivity contribution in [1.29, 1.82) is 0 Å². The molecule has 26 heavy (non-hydrogen) atoms. The van der Waals surface area contributed by atoms with E-state index in [1.807, 2.05) is 30.3 Å². The molecule has 1 N–H and O–H groups in total. The fourth-order valence-electron chi connectivity index (χ4n) is 2.18. The third-order valence-corrected chi connectivity index (χ3v) is 4.18. The number of halogens is 1. The Balaban J connectivity index is 1.56. The van der Waals surface area contributed by atoms with E-state index in [0.717, 1.165) is 21.5 Å². The van der Waals surface area contributed by atoms with Crippen molar-refractivity contribution in [3.05, 3.63) is 68.9 Å². The van der Waals surface area contributed by atoms with Crippen molar-refractivity contribution < 1.29 is 18.9 Å². The average Bonchev–Trinajstić information content (AvgIpc) is 3.11. The number of hydrazone groups is 1. The molecule has 9 heteroatoms. The number of hydrogen-bond acceptors (Lipinski definition) is 6. The van der Waals surface area contributed by atoms with Crippen molar-refractivity contribution in [2.24, 2.45) is 5.10 Å². The summed E-state index contributed by atoms with van der Waals surface area (Å²) in [6.07, 6.45) is 1.16. The van der Waals surface area contributed by atoms with Gasteiger partial charge in [0.2, 0.25) is 0 Å². The molecular formula is C17H12BrN3O5. The average molecular weight is 418 g/mol. The third kappa shape index (κ3) is 4.06. The maximum atomic E-state index is 11.8. The molecule has 0 bridgehead atoms. The Morgan fingerprint density at radius 2 is 2.08 bits per heavy atom. The number of nitro groups is 1. The number of carbonyl (C=O) groups is 1. The topological polar surface area (TPSA) is 107 Å². The molecule has 1 aromatic heterocycles. The summed E-state index contributed by atoms with van der Waals surface area (Å²) in [5.74, 6) is -0.204. The fourth-order valence-corrected chi connectivity index (χ4v) is 2.79. The summed E-state index contributed by atoms with van der Waals surface area (Å²) >= 11 is 3.48. The minimum absolute atomic E-state index is 0.148. The molecule has 0 saturated heterocycles. The largest absolute Gasteiger partial charge is 0.483 e. The second-order valence-electron chi connectivity index (χ2n) is 5.11. The van der Waals surface area contributed by atoms with E-state index in [-0.39, 0.29) is 12.4 Å². The Morgan fingerprint density at radius 1 is 1.27 bits per heavy atom. The summed E-state index contributed by atoms with van der Waals surface area (Å²) in [5, 5.41) is 16.2. The van der Waals surface area contributed by atoms with E-state index in [2.05, 4.69) is 26.5 Å². The predicted octanol–water partition coefficient (Wildman–Crippen LogP) is 3.63. The Bertz CT molecular complexity index is 999. The van der Waals surface area contributed by atoms with Crippen molar-refractivity contribution in [1.82, 2.24) is 5.43 Å². The summed E-state index contributed by atoms with van der Waals surface area (Å²) in [7, 11) is 0. The molecule has 0 atom stereocenters. The van der Waals surface area contributed by atoms with Crippen LogP contribution < -0.4 is 10.2 Å². The number of rotatable bonds is 6. The molecule has 0 saturated carbocycles. The first-order chi connectivity index (χ1) is 12.5. The minimum atomic E-state index is -0.662. The van der Waals surface area contributed by atoms with Gasteiger partial charge in [0.05, 0.1) is 16.8 Å². The quantitative estimate of drug-likeness (QED) is 0.374. The van der Waals surface area contributed by atoms with Gasteiger partial charge in [-0.1, -0.05) is 30.3 Å². The van der Waals surface area contributed by atoms with Gasteiger partial charge in [0.15, 0.2) is 12.4 Å². The molecule has 1 amide bonds. The van der Waals surface area contributed by atoms with Gasteiger partial charge >= 0.3 is 5.88 Å². The second kappa shape index (κ2) is 7.79. The molecule has 0 aliphatic heterocycles. The van der Waals surface area contributed by atoms with Gasteiger partial charge in [0.25, 0.3) is 5.91 Å². The zero-order valence-corrected chi connectivity index (χ0v) is 14.8. The molecule has 0 unspecified atom stereocenters. The Morgan fingerprint density at radius 3 is 2.85 bits per heavy atom. The molecular weight excluding hydrogens is 406 g/mol. The molecule has 8 nitrogen and oxygen atoms in total. The number of benzene rings is 2. The first-order valence-corrected chi connectivity index (χ1v) is 8.20. The maximum absolute atomic E-state index is 11.8. The number of ether oxygens (including phenoxy) is 1. The number of nitrogens with one attached hydrogen (secondary N) is 1. The monoisotopic (exact) mass is 417 g/mol. The van der Waals surface area contributed by atoms with E-state index in [0.29, 0.717) is 5.75 Å². The van der Waals surface area contributed by atoms with E-state index in [1.165, 1.54) is 12.1 Å². The minimum Gasteiger partial charge on any atom is -0.483 e. The highest BCUT2D eigenvalue weighted by Gasteiger charge is 2.11. The van der Waals surface area contributed by atoms with Crippen molar-refractivity contribution in [2.45, 2.75) is 0 Å². The molecule has 3 rings (SSSR count). The van der Waals surface area contributed by atoms with Crippen molar-refractivity contribution in [3.63, 3.8) is 0 Å². The first-order valence-electron chi connectivity index (χ1n) is 7.41. The van der Waals surface area contributed by atoms with Crippen molar-refractivity contribution in [2.75, 3.05) is 6.61 Å². The lowest BCUT2D eigenvalue weighted by molar-refractivity contribution is -0.402. The standard InChI is InChI=1S/C17H12BrN3O5/c18-17-13-4-2-1-3-11(13)5-7-14(17)25-10-15(22)20-19-9-12-6-8-16(26-12)21(23)24/h1-9H,10H2,(H,20,22). The van der Waals surface area contributed by atoms with Crippen LogP contribution in [0.1, 0.15) is 5.76 Å². The fraction of sp³-hybridized carbons (Fsp3) is 0.0588. The van der Waals surface area contributed by atoms with E-state index in [9.17, 15) is 14.9 Å². The van der Waals surface area contributed by atoms with Gasteiger partial charge in [-0.15, -0.1) is 0 Å². The van der Waals surface area contributed by atoms with Crippen LogP contribution >= 0.6 is 15.9 Å². The number of fused-ring (bicyclic) bond motifs is 1. The first kappa shape index (κ1) is 17.6. The molecule has 1 heterocycles. The molecule has 0 aliphatic carbocycles. The Labute approximate surface area is 155 Å². The van der Waals surface area contributed by atoms with Crippen LogP contribution in [0.4, 0.5) is 5.88 Å². The van der Waals surface area contributed by atoms with Crippen LogP contribution in [0.15, 0.2) is 62.5 Å². The second-order valence-corrected chi connectivity index (χ2v) is 5.91. The molecule has 0 spiro atoms. The molecule has 132 valence electrons. The number of carbonyl (C=O) groups excluding carboxylic acids is 1. The third-order valence-electron chi connectivity index (χ3n) is 3.36.